The molecule has 2 aliphatic rings. The molecule has 0 aliphatic carbocycles. The first-order chi connectivity index (χ1) is 16.2. The highest BCUT2D eigenvalue weighted by Crippen LogP contribution is 2.31. The van der Waals surface area contributed by atoms with Gasteiger partial charge in [0.2, 0.25) is 11.9 Å². The predicted octanol–water partition coefficient (Wildman–Crippen LogP) is 4.78. The molecule has 0 saturated carbocycles. The summed E-state index contributed by atoms with van der Waals surface area (Å²) in [6.07, 6.45) is 2.44. The van der Waals surface area contributed by atoms with Crippen molar-refractivity contribution in [3.8, 4) is 0 Å². The van der Waals surface area contributed by atoms with Gasteiger partial charge in [0, 0.05) is 22.6 Å². The average Bonchev–Trinajstić information content (AvgIpc) is 3.23. The summed E-state index contributed by atoms with van der Waals surface area (Å²) in [7, 11) is 0. The molecular formula is C23H28Cl3FN6O. The lowest BCUT2D eigenvalue weighted by molar-refractivity contribution is -0.124. The lowest BCUT2D eigenvalue weighted by Crippen LogP contribution is -2.55. The fourth-order valence-corrected chi connectivity index (χ4v) is 5.13. The number of carbonyl (C=O) groups is 1. The normalized spacial score (nSPS) is 25.8. The molecule has 2 aromatic rings. The van der Waals surface area contributed by atoms with E-state index in [9.17, 15) is 9.18 Å². The van der Waals surface area contributed by atoms with Gasteiger partial charge in [-0.1, -0.05) is 40.9 Å². The Morgan fingerprint density at radius 2 is 2.03 bits per heavy atom. The minimum Gasteiger partial charge on any atom is -0.362 e. The summed E-state index contributed by atoms with van der Waals surface area (Å²) < 4.78 is 15.0. The number of nitrogens with one attached hydrogen (secondary N) is 3. The lowest BCUT2D eigenvalue weighted by Gasteiger charge is -2.35. The lowest BCUT2D eigenvalue weighted by atomic mass is 10.0. The van der Waals surface area contributed by atoms with Crippen LogP contribution in [0.3, 0.4) is 0 Å². The molecular weight excluding hydrogens is 502 g/mol. The van der Waals surface area contributed by atoms with E-state index < -0.39 is 12.2 Å². The Kier molecular flexibility index (Phi) is 8.02. The van der Waals surface area contributed by atoms with Crippen molar-refractivity contribution in [2.45, 2.75) is 63.4 Å². The van der Waals surface area contributed by atoms with Crippen molar-refractivity contribution in [1.82, 2.24) is 20.6 Å². The molecule has 3 N–H and O–H groups in total. The van der Waals surface area contributed by atoms with Crippen molar-refractivity contribution >= 4 is 52.5 Å². The minimum atomic E-state index is -1.24. The third kappa shape index (κ3) is 5.85. The van der Waals surface area contributed by atoms with Crippen LogP contribution < -0.4 is 20.9 Å². The molecule has 0 radical (unpaired) electrons. The predicted molar refractivity (Wildman–Crippen MR) is 135 cm³/mol. The van der Waals surface area contributed by atoms with Gasteiger partial charge >= 0.3 is 0 Å². The van der Waals surface area contributed by atoms with Crippen LogP contribution in [0, 0.1) is 0 Å². The molecule has 11 heteroatoms. The summed E-state index contributed by atoms with van der Waals surface area (Å²) in [5, 5.41) is 10.8. The SMILES string of the molecule is C[C@H]1CC[C@H](C(=O)N[C@H]2CCN(c3ncc(Cl)c(N[C@H](C)c4ccc(Cl)cc4Cl)n3)C[C@@H]2F)N1. The van der Waals surface area contributed by atoms with Crippen LogP contribution in [0.5, 0.6) is 0 Å². The highest BCUT2D eigenvalue weighted by Gasteiger charge is 2.34. The van der Waals surface area contributed by atoms with Gasteiger partial charge in [-0.05, 0) is 50.8 Å². The molecule has 1 amide bonds. The van der Waals surface area contributed by atoms with Gasteiger partial charge in [-0.25, -0.2) is 9.37 Å². The number of halogens is 4. The summed E-state index contributed by atoms with van der Waals surface area (Å²) in [5.74, 6) is 0.673. The molecule has 0 spiro atoms. The van der Waals surface area contributed by atoms with Crippen molar-refractivity contribution in [3.63, 3.8) is 0 Å². The molecule has 2 aliphatic heterocycles. The number of amides is 1. The smallest absolute Gasteiger partial charge is 0.237 e. The Bertz CT molecular complexity index is 1040. The monoisotopic (exact) mass is 528 g/mol. The highest BCUT2D eigenvalue weighted by molar-refractivity contribution is 6.35. The van der Waals surface area contributed by atoms with Crippen LogP contribution >= 0.6 is 34.8 Å². The zero-order valence-electron chi connectivity index (χ0n) is 19.0. The minimum absolute atomic E-state index is 0.0824. The highest BCUT2D eigenvalue weighted by atomic mass is 35.5. The zero-order valence-corrected chi connectivity index (χ0v) is 21.3. The Labute approximate surface area is 213 Å². The van der Waals surface area contributed by atoms with E-state index in [1.807, 2.05) is 19.9 Å². The third-order valence-corrected chi connectivity index (χ3v) is 7.20. The number of aromatic nitrogens is 2. The summed E-state index contributed by atoms with van der Waals surface area (Å²) in [5.41, 5.74) is 0.841. The number of piperidine rings is 1. The fraction of sp³-hybridized carbons (Fsp3) is 0.522. The van der Waals surface area contributed by atoms with Gasteiger partial charge in [-0.2, -0.15) is 4.98 Å². The number of alkyl halides is 1. The Balaban J connectivity index is 1.39. The molecule has 5 atom stereocenters. The molecule has 34 heavy (non-hydrogen) atoms. The number of benzene rings is 1. The zero-order chi connectivity index (χ0) is 24.4. The maximum Gasteiger partial charge on any atom is 0.237 e. The first-order valence-corrected chi connectivity index (χ1v) is 12.5. The van der Waals surface area contributed by atoms with Gasteiger partial charge in [0.1, 0.15) is 11.2 Å². The second kappa shape index (κ2) is 10.8. The van der Waals surface area contributed by atoms with Gasteiger partial charge < -0.3 is 20.9 Å². The van der Waals surface area contributed by atoms with E-state index in [1.165, 1.54) is 6.20 Å². The molecule has 0 unspecified atom stereocenters. The van der Waals surface area contributed by atoms with E-state index in [0.29, 0.717) is 45.8 Å². The number of hydrogen-bond donors (Lipinski definition) is 3. The van der Waals surface area contributed by atoms with E-state index in [0.717, 1.165) is 18.4 Å². The van der Waals surface area contributed by atoms with Crippen LogP contribution in [0.1, 0.15) is 44.7 Å². The maximum absolute atomic E-state index is 15.0. The molecule has 3 heterocycles. The number of nitrogens with zero attached hydrogens (tertiary/aromatic N) is 3. The standard InChI is InChI=1S/C23H28Cl3FN6O/c1-12-3-6-20(29-12)22(34)31-19-7-8-33(11-18(19)27)23-28-10-17(26)21(32-23)30-13(2)15-5-4-14(24)9-16(15)25/h4-5,9-10,12-13,18-20,29H,3,6-8,11H2,1-2H3,(H,31,34)(H,28,30,32)/t12-,13+,18-,19-,20+/m0/s1. The van der Waals surface area contributed by atoms with Crippen LogP contribution in [-0.4, -0.2) is 53.3 Å². The third-order valence-electron chi connectivity index (χ3n) is 6.36. The topological polar surface area (TPSA) is 82.2 Å². The molecule has 1 aromatic heterocycles. The maximum atomic E-state index is 15.0. The molecule has 4 rings (SSSR count). The summed E-state index contributed by atoms with van der Waals surface area (Å²) in [4.78, 5) is 23.1. The van der Waals surface area contributed by atoms with Crippen molar-refractivity contribution in [2.75, 3.05) is 23.3 Å². The van der Waals surface area contributed by atoms with E-state index in [1.54, 1.807) is 17.0 Å². The van der Waals surface area contributed by atoms with Crippen LogP contribution in [0.2, 0.25) is 15.1 Å². The van der Waals surface area contributed by atoms with Gasteiger partial charge in [-0.15, -0.1) is 0 Å². The van der Waals surface area contributed by atoms with Gasteiger partial charge in [-0.3, -0.25) is 4.79 Å². The number of hydrogen-bond acceptors (Lipinski definition) is 6. The van der Waals surface area contributed by atoms with Crippen molar-refractivity contribution in [1.29, 1.82) is 0 Å². The number of anilines is 2. The molecule has 0 bridgehead atoms. The van der Waals surface area contributed by atoms with Crippen LogP contribution in [-0.2, 0) is 4.79 Å². The second-order valence-electron chi connectivity index (χ2n) is 8.96. The molecule has 2 saturated heterocycles. The van der Waals surface area contributed by atoms with E-state index in [-0.39, 0.29) is 24.5 Å². The number of carbonyl (C=O) groups excluding carboxylic acids is 1. The van der Waals surface area contributed by atoms with Crippen molar-refractivity contribution < 1.29 is 9.18 Å². The molecule has 1 aromatic carbocycles. The summed E-state index contributed by atoms with van der Waals surface area (Å²) >= 11 is 18.6. The number of rotatable bonds is 6. The van der Waals surface area contributed by atoms with Gasteiger partial charge in [0.05, 0.1) is 30.9 Å². The van der Waals surface area contributed by atoms with Crippen molar-refractivity contribution in [3.05, 3.63) is 45.0 Å². The first kappa shape index (κ1) is 25.2. The molecule has 184 valence electrons. The molecule has 7 nitrogen and oxygen atoms in total. The van der Waals surface area contributed by atoms with E-state index in [4.69, 9.17) is 34.8 Å². The summed E-state index contributed by atoms with van der Waals surface area (Å²) in [6, 6.07) is 4.61. The summed E-state index contributed by atoms with van der Waals surface area (Å²) in [6.45, 7) is 4.57. The van der Waals surface area contributed by atoms with E-state index >= 15 is 0 Å². The van der Waals surface area contributed by atoms with Crippen LogP contribution in [0.15, 0.2) is 24.4 Å². The fourth-order valence-electron chi connectivity index (χ4n) is 4.41. The van der Waals surface area contributed by atoms with Crippen LogP contribution in [0.4, 0.5) is 16.2 Å². The average molecular weight is 530 g/mol. The molecule has 2 fully saturated rings. The first-order valence-electron chi connectivity index (χ1n) is 11.4. The Hall–Kier alpha value is -1.87. The quantitative estimate of drug-likeness (QED) is 0.499. The Morgan fingerprint density at radius 1 is 1.24 bits per heavy atom. The van der Waals surface area contributed by atoms with Gasteiger partial charge in [0.25, 0.3) is 0 Å². The van der Waals surface area contributed by atoms with Crippen LogP contribution in [0.25, 0.3) is 0 Å². The second-order valence-corrected chi connectivity index (χ2v) is 10.2. The van der Waals surface area contributed by atoms with Gasteiger partial charge in [0.15, 0.2) is 5.82 Å². The van der Waals surface area contributed by atoms with E-state index in [2.05, 4.69) is 25.9 Å². The van der Waals surface area contributed by atoms with Crippen molar-refractivity contribution in [2.24, 2.45) is 0 Å². The largest absolute Gasteiger partial charge is 0.362 e. The Morgan fingerprint density at radius 3 is 2.71 bits per heavy atom.